The highest BCUT2D eigenvalue weighted by atomic mass is 19.1. The van der Waals surface area contributed by atoms with Gasteiger partial charge in [-0.3, -0.25) is 4.79 Å². The van der Waals surface area contributed by atoms with Crippen molar-refractivity contribution in [2.45, 2.75) is 6.92 Å². The van der Waals surface area contributed by atoms with Crippen molar-refractivity contribution in [3.63, 3.8) is 0 Å². The average Bonchev–Trinajstić information content (AvgIpc) is 2.48. The van der Waals surface area contributed by atoms with Gasteiger partial charge in [0.2, 0.25) is 0 Å². The maximum absolute atomic E-state index is 14.0. The van der Waals surface area contributed by atoms with Gasteiger partial charge in [0.25, 0.3) is 5.91 Å². The van der Waals surface area contributed by atoms with Crippen molar-refractivity contribution < 1.29 is 9.18 Å². The summed E-state index contributed by atoms with van der Waals surface area (Å²) in [5, 5.41) is 9.06. The number of amides is 1. The van der Waals surface area contributed by atoms with E-state index in [4.69, 9.17) is 5.26 Å². The van der Waals surface area contributed by atoms with E-state index in [9.17, 15) is 9.18 Å². The molecule has 0 N–H and O–H groups in total. The first-order valence-corrected chi connectivity index (χ1v) is 6.08. The fraction of sp³-hybridized carbons (Fsp3) is 0.125. The summed E-state index contributed by atoms with van der Waals surface area (Å²) < 4.78 is 14.0. The SMILES string of the molecule is Cc1cccc(C(=O)N(C)c2ccccc2C#N)c1F. The second-order valence-corrected chi connectivity index (χ2v) is 4.43. The number of anilines is 1. The summed E-state index contributed by atoms with van der Waals surface area (Å²) in [5.41, 5.74) is 1.25. The largest absolute Gasteiger partial charge is 0.310 e. The Morgan fingerprint density at radius 2 is 1.90 bits per heavy atom. The van der Waals surface area contributed by atoms with Gasteiger partial charge < -0.3 is 4.90 Å². The molecule has 0 aliphatic carbocycles. The molecular weight excluding hydrogens is 255 g/mol. The van der Waals surface area contributed by atoms with Crippen molar-refractivity contribution in [1.82, 2.24) is 0 Å². The molecule has 0 radical (unpaired) electrons. The number of para-hydroxylation sites is 1. The van der Waals surface area contributed by atoms with Crippen molar-refractivity contribution in [1.29, 1.82) is 5.26 Å². The van der Waals surface area contributed by atoms with Crippen molar-refractivity contribution in [2.24, 2.45) is 0 Å². The molecular formula is C16H13FN2O. The quantitative estimate of drug-likeness (QED) is 0.839. The molecule has 0 aromatic heterocycles. The van der Waals surface area contributed by atoms with Gasteiger partial charge in [-0.1, -0.05) is 24.3 Å². The second kappa shape index (κ2) is 5.54. The minimum absolute atomic E-state index is 0.000225. The van der Waals surface area contributed by atoms with Gasteiger partial charge in [0.15, 0.2) is 0 Å². The van der Waals surface area contributed by atoms with Gasteiger partial charge in [0, 0.05) is 7.05 Å². The smallest absolute Gasteiger partial charge is 0.261 e. The Labute approximate surface area is 116 Å². The van der Waals surface area contributed by atoms with Crippen molar-refractivity contribution in [2.75, 3.05) is 11.9 Å². The van der Waals surface area contributed by atoms with Crippen LogP contribution in [-0.2, 0) is 0 Å². The van der Waals surface area contributed by atoms with Gasteiger partial charge in [0.05, 0.1) is 16.8 Å². The average molecular weight is 268 g/mol. The number of benzene rings is 2. The highest BCUT2D eigenvalue weighted by Crippen LogP contribution is 2.22. The van der Waals surface area contributed by atoms with Gasteiger partial charge in [0.1, 0.15) is 11.9 Å². The minimum Gasteiger partial charge on any atom is -0.310 e. The molecule has 2 aromatic carbocycles. The third-order valence-electron chi connectivity index (χ3n) is 3.11. The van der Waals surface area contributed by atoms with Gasteiger partial charge in [-0.05, 0) is 30.7 Å². The molecule has 0 aliphatic rings. The Hall–Kier alpha value is -2.67. The van der Waals surface area contributed by atoms with E-state index in [1.807, 2.05) is 6.07 Å². The first kappa shape index (κ1) is 13.8. The van der Waals surface area contributed by atoms with Gasteiger partial charge >= 0.3 is 0 Å². The zero-order valence-electron chi connectivity index (χ0n) is 11.2. The second-order valence-electron chi connectivity index (χ2n) is 4.43. The number of nitriles is 1. The summed E-state index contributed by atoms with van der Waals surface area (Å²) in [7, 11) is 1.53. The van der Waals surface area contributed by atoms with E-state index in [0.717, 1.165) is 0 Å². The lowest BCUT2D eigenvalue weighted by Crippen LogP contribution is -2.28. The topological polar surface area (TPSA) is 44.1 Å². The lowest BCUT2D eigenvalue weighted by atomic mass is 10.1. The number of rotatable bonds is 2. The van der Waals surface area contributed by atoms with Gasteiger partial charge in [-0.25, -0.2) is 4.39 Å². The normalized spacial score (nSPS) is 9.90. The van der Waals surface area contributed by atoms with E-state index in [0.29, 0.717) is 16.8 Å². The first-order chi connectivity index (χ1) is 9.56. The summed E-state index contributed by atoms with van der Waals surface area (Å²) in [6.07, 6.45) is 0. The Balaban J connectivity index is 2.44. The van der Waals surface area contributed by atoms with Crippen LogP contribution in [0.25, 0.3) is 0 Å². The molecule has 0 fully saturated rings. The highest BCUT2D eigenvalue weighted by molar-refractivity contribution is 6.06. The van der Waals surface area contributed by atoms with Crippen LogP contribution in [0.3, 0.4) is 0 Å². The molecule has 4 heteroatoms. The number of aryl methyl sites for hydroxylation is 1. The van der Waals surface area contributed by atoms with E-state index < -0.39 is 11.7 Å². The van der Waals surface area contributed by atoms with Crippen molar-refractivity contribution in [3.8, 4) is 6.07 Å². The molecule has 0 atom stereocenters. The third-order valence-corrected chi connectivity index (χ3v) is 3.11. The number of halogens is 1. The highest BCUT2D eigenvalue weighted by Gasteiger charge is 2.20. The fourth-order valence-electron chi connectivity index (χ4n) is 1.96. The van der Waals surface area contributed by atoms with E-state index in [1.54, 1.807) is 43.3 Å². The predicted octanol–water partition coefficient (Wildman–Crippen LogP) is 3.28. The van der Waals surface area contributed by atoms with Crippen molar-refractivity contribution >= 4 is 11.6 Å². The van der Waals surface area contributed by atoms with E-state index >= 15 is 0 Å². The number of carbonyl (C=O) groups is 1. The first-order valence-electron chi connectivity index (χ1n) is 6.08. The molecule has 2 rings (SSSR count). The molecule has 0 unspecified atom stereocenters. The number of nitrogens with zero attached hydrogens (tertiary/aromatic N) is 2. The zero-order chi connectivity index (χ0) is 14.7. The monoisotopic (exact) mass is 268 g/mol. The van der Waals surface area contributed by atoms with Gasteiger partial charge in [-0.2, -0.15) is 5.26 Å². The maximum atomic E-state index is 14.0. The lowest BCUT2D eigenvalue weighted by molar-refractivity contribution is 0.0989. The van der Waals surface area contributed by atoms with Crippen LogP contribution in [0.15, 0.2) is 42.5 Å². The Bertz CT molecular complexity index is 704. The van der Waals surface area contributed by atoms with Crippen LogP contribution >= 0.6 is 0 Å². The van der Waals surface area contributed by atoms with Crippen LogP contribution < -0.4 is 4.90 Å². The molecule has 3 nitrogen and oxygen atoms in total. The summed E-state index contributed by atoms with van der Waals surface area (Å²) in [4.78, 5) is 13.7. The molecule has 100 valence electrons. The Morgan fingerprint density at radius 1 is 1.20 bits per heavy atom. The standard InChI is InChI=1S/C16H13FN2O/c1-11-6-5-8-13(15(11)17)16(20)19(2)14-9-4-3-7-12(14)10-18/h3-9H,1-2H3. The molecule has 0 spiro atoms. The lowest BCUT2D eigenvalue weighted by Gasteiger charge is -2.19. The zero-order valence-corrected chi connectivity index (χ0v) is 11.2. The van der Waals surface area contributed by atoms with Crippen LogP contribution in [0, 0.1) is 24.1 Å². The van der Waals surface area contributed by atoms with Crippen LogP contribution in [0.1, 0.15) is 21.5 Å². The van der Waals surface area contributed by atoms with Gasteiger partial charge in [-0.15, -0.1) is 0 Å². The molecule has 0 heterocycles. The van der Waals surface area contributed by atoms with Crippen LogP contribution in [0.2, 0.25) is 0 Å². The minimum atomic E-state index is -0.529. The maximum Gasteiger partial charge on any atom is 0.261 e. The molecule has 0 saturated carbocycles. The Kier molecular flexibility index (Phi) is 3.81. The van der Waals surface area contributed by atoms with E-state index in [-0.39, 0.29) is 5.56 Å². The molecule has 20 heavy (non-hydrogen) atoms. The molecule has 1 amide bonds. The third kappa shape index (κ3) is 2.39. The Morgan fingerprint density at radius 3 is 2.60 bits per heavy atom. The number of hydrogen-bond acceptors (Lipinski definition) is 2. The van der Waals surface area contributed by atoms with Crippen LogP contribution in [0.4, 0.5) is 10.1 Å². The van der Waals surface area contributed by atoms with E-state index in [2.05, 4.69) is 0 Å². The molecule has 0 bridgehead atoms. The fourth-order valence-corrected chi connectivity index (χ4v) is 1.96. The summed E-state index contributed by atoms with van der Waals surface area (Å²) in [6, 6.07) is 13.4. The number of hydrogen-bond donors (Lipinski definition) is 0. The summed E-state index contributed by atoms with van der Waals surface area (Å²) in [5.74, 6) is -1.01. The van der Waals surface area contributed by atoms with Crippen molar-refractivity contribution in [3.05, 3.63) is 65.0 Å². The molecule has 0 aliphatic heterocycles. The molecule has 2 aromatic rings. The molecule has 0 saturated heterocycles. The summed E-state index contributed by atoms with van der Waals surface area (Å²) >= 11 is 0. The van der Waals surface area contributed by atoms with Crippen LogP contribution in [-0.4, -0.2) is 13.0 Å². The summed E-state index contributed by atoms with van der Waals surface area (Å²) in [6.45, 7) is 1.61. The predicted molar refractivity (Wildman–Crippen MR) is 75.0 cm³/mol. The van der Waals surface area contributed by atoms with Crippen LogP contribution in [0.5, 0.6) is 0 Å². The van der Waals surface area contributed by atoms with E-state index in [1.165, 1.54) is 18.0 Å². The number of carbonyl (C=O) groups excluding carboxylic acids is 1.